The van der Waals surface area contributed by atoms with Crippen LogP contribution in [0.4, 0.5) is 0 Å². The van der Waals surface area contributed by atoms with E-state index in [9.17, 15) is 0 Å². The number of rotatable bonds is 2. The van der Waals surface area contributed by atoms with E-state index in [4.69, 9.17) is 16.3 Å². The predicted molar refractivity (Wildman–Crippen MR) is 44.7 cm³/mol. The number of halogens is 1. The Morgan fingerprint density at radius 2 is 2.08 bits per heavy atom. The first-order valence-electron chi connectivity index (χ1n) is 3.48. The summed E-state index contributed by atoms with van der Waals surface area (Å²) >= 11 is 5.68. The van der Waals surface area contributed by atoms with Crippen LogP contribution in [0.2, 0.25) is 5.02 Å². The molecule has 0 saturated heterocycles. The molecule has 5 heteroatoms. The van der Waals surface area contributed by atoms with Gasteiger partial charge in [-0.25, -0.2) is 0 Å². The molecule has 0 N–H and O–H groups in total. The molecule has 2 rings (SSSR count). The molecule has 0 spiro atoms. The van der Waals surface area contributed by atoms with Gasteiger partial charge in [0, 0.05) is 5.02 Å². The van der Waals surface area contributed by atoms with Gasteiger partial charge in [0.15, 0.2) is 0 Å². The van der Waals surface area contributed by atoms with Crippen LogP contribution >= 0.6 is 11.6 Å². The highest BCUT2D eigenvalue weighted by atomic mass is 35.5. The van der Waals surface area contributed by atoms with Crippen LogP contribution in [0.15, 0.2) is 28.8 Å². The van der Waals surface area contributed by atoms with Gasteiger partial charge in [-0.1, -0.05) is 11.6 Å². The summed E-state index contributed by atoms with van der Waals surface area (Å²) < 4.78 is 9.74. The van der Waals surface area contributed by atoms with Crippen molar-refractivity contribution in [3.63, 3.8) is 0 Å². The average Bonchev–Trinajstić information content (AvgIpc) is 2.62. The molecule has 0 aliphatic heterocycles. The Morgan fingerprint density at radius 3 is 2.69 bits per heavy atom. The van der Waals surface area contributed by atoms with Crippen molar-refractivity contribution in [2.75, 3.05) is 0 Å². The summed E-state index contributed by atoms with van der Waals surface area (Å²) in [6.07, 6.45) is 2.30. The molecule has 0 saturated carbocycles. The lowest BCUT2D eigenvalue weighted by atomic mass is 10.3. The van der Waals surface area contributed by atoms with Crippen LogP contribution in [0.5, 0.6) is 11.8 Å². The molecule has 0 unspecified atom stereocenters. The van der Waals surface area contributed by atoms with E-state index in [0.717, 1.165) is 0 Å². The molecule has 0 aliphatic carbocycles. The summed E-state index contributed by atoms with van der Waals surface area (Å²) in [4.78, 5) is 3.58. The molecule has 0 bridgehead atoms. The summed E-state index contributed by atoms with van der Waals surface area (Å²) in [7, 11) is 0. The maximum absolute atomic E-state index is 5.68. The van der Waals surface area contributed by atoms with Crippen LogP contribution in [0.1, 0.15) is 0 Å². The Kier molecular flexibility index (Phi) is 2.14. The monoisotopic (exact) mass is 195 g/mol. The number of hydrogen-bond acceptors (Lipinski definition) is 4. The van der Waals surface area contributed by atoms with Crippen LogP contribution in [-0.4, -0.2) is 10.1 Å². The van der Waals surface area contributed by atoms with E-state index >= 15 is 0 Å². The Bertz CT molecular complexity index is 372. The zero-order valence-corrected chi connectivity index (χ0v) is 7.15. The Balaban J connectivity index is 2.15. The van der Waals surface area contributed by atoms with Gasteiger partial charge in [-0.05, 0) is 29.4 Å². The highest BCUT2D eigenvalue weighted by Gasteiger charge is 2.01. The number of ether oxygens (including phenoxy) is 1. The molecule has 2 aromatic rings. The van der Waals surface area contributed by atoms with Crippen molar-refractivity contribution in [3.8, 4) is 11.8 Å². The molecule has 0 atom stereocenters. The van der Waals surface area contributed by atoms with Crippen LogP contribution in [0, 0.1) is 6.33 Å². The van der Waals surface area contributed by atoms with Gasteiger partial charge in [0.1, 0.15) is 5.75 Å². The smallest absolute Gasteiger partial charge is 0.410 e. The molecular formula is C8H4ClN2O2. The third-order valence-electron chi connectivity index (χ3n) is 1.32. The van der Waals surface area contributed by atoms with E-state index in [-0.39, 0.29) is 6.08 Å². The second kappa shape index (κ2) is 3.45. The molecule has 65 valence electrons. The summed E-state index contributed by atoms with van der Waals surface area (Å²) in [5, 5.41) is 3.92. The zero-order valence-electron chi connectivity index (χ0n) is 6.40. The highest BCUT2D eigenvalue weighted by molar-refractivity contribution is 6.30. The fourth-order valence-electron chi connectivity index (χ4n) is 0.786. The molecular weight excluding hydrogens is 192 g/mol. The maximum atomic E-state index is 5.68. The average molecular weight is 196 g/mol. The molecule has 1 radical (unpaired) electrons. The van der Waals surface area contributed by atoms with E-state index < -0.39 is 0 Å². The summed E-state index contributed by atoms with van der Waals surface area (Å²) in [5.41, 5.74) is 0. The van der Waals surface area contributed by atoms with Crippen molar-refractivity contribution >= 4 is 11.6 Å². The molecule has 0 amide bonds. The standard InChI is InChI=1S/C8H4ClN2O2/c9-6-1-3-7(4-2-6)12-8-10-5-11-13-8/h1-4H. The van der Waals surface area contributed by atoms with Crippen molar-refractivity contribution in [3.05, 3.63) is 35.6 Å². The lowest BCUT2D eigenvalue weighted by Crippen LogP contribution is -1.82. The molecule has 0 fully saturated rings. The van der Waals surface area contributed by atoms with Crippen molar-refractivity contribution in [2.45, 2.75) is 0 Å². The first kappa shape index (κ1) is 8.07. The van der Waals surface area contributed by atoms with Crippen LogP contribution in [-0.2, 0) is 0 Å². The minimum absolute atomic E-state index is 0.0577. The van der Waals surface area contributed by atoms with Crippen molar-refractivity contribution in [2.24, 2.45) is 0 Å². The second-order valence-electron chi connectivity index (χ2n) is 2.22. The molecule has 0 aliphatic rings. The van der Waals surface area contributed by atoms with E-state index in [1.807, 2.05) is 0 Å². The van der Waals surface area contributed by atoms with Gasteiger partial charge in [-0.3, -0.25) is 4.52 Å². The third kappa shape index (κ3) is 1.97. The minimum Gasteiger partial charge on any atom is -0.410 e. The van der Waals surface area contributed by atoms with E-state index in [1.165, 1.54) is 0 Å². The highest BCUT2D eigenvalue weighted by Crippen LogP contribution is 2.20. The van der Waals surface area contributed by atoms with Gasteiger partial charge in [-0.15, -0.1) is 4.98 Å². The number of benzene rings is 1. The minimum atomic E-state index is 0.0577. The normalized spacial score (nSPS) is 9.92. The van der Waals surface area contributed by atoms with E-state index in [0.29, 0.717) is 10.8 Å². The molecule has 4 nitrogen and oxygen atoms in total. The van der Waals surface area contributed by atoms with Gasteiger partial charge in [0.05, 0.1) is 0 Å². The zero-order chi connectivity index (χ0) is 9.10. The second-order valence-corrected chi connectivity index (χ2v) is 2.65. The summed E-state index contributed by atoms with van der Waals surface area (Å²) in [6.45, 7) is 0. The maximum Gasteiger partial charge on any atom is 0.423 e. The van der Waals surface area contributed by atoms with Gasteiger partial charge >= 0.3 is 6.08 Å². The topological polar surface area (TPSA) is 48.2 Å². The fraction of sp³-hybridized carbons (Fsp3) is 0. The number of nitrogens with zero attached hydrogens (tertiary/aromatic N) is 2. The quantitative estimate of drug-likeness (QED) is 0.738. The molecule has 1 aromatic carbocycles. The summed E-state index contributed by atoms with van der Waals surface area (Å²) in [6, 6.07) is 6.81. The lowest BCUT2D eigenvalue weighted by Gasteiger charge is -1.98. The molecule has 1 aromatic heterocycles. The van der Waals surface area contributed by atoms with Gasteiger partial charge in [-0.2, -0.15) is 0 Å². The van der Waals surface area contributed by atoms with Gasteiger partial charge in [0.2, 0.25) is 6.33 Å². The Labute approximate surface area is 79.1 Å². The first-order chi connectivity index (χ1) is 6.34. The van der Waals surface area contributed by atoms with Gasteiger partial charge < -0.3 is 4.74 Å². The largest absolute Gasteiger partial charge is 0.423 e. The van der Waals surface area contributed by atoms with Crippen LogP contribution in [0.25, 0.3) is 0 Å². The molecule has 13 heavy (non-hydrogen) atoms. The third-order valence-corrected chi connectivity index (χ3v) is 1.58. The van der Waals surface area contributed by atoms with Crippen LogP contribution < -0.4 is 4.74 Å². The van der Waals surface area contributed by atoms with Crippen molar-refractivity contribution in [1.82, 2.24) is 10.1 Å². The lowest BCUT2D eigenvalue weighted by molar-refractivity contribution is 0.280. The summed E-state index contributed by atoms with van der Waals surface area (Å²) in [5.74, 6) is 0.585. The first-order valence-corrected chi connectivity index (χ1v) is 3.85. The van der Waals surface area contributed by atoms with Crippen molar-refractivity contribution < 1.29 is 9.26 Å². The number of aromatic nitrogens is 2. The van der Waals surface area contributed by atoms with E-state index in [2.05, 4.69) is 21.0 Å². The fourth-order valence-corrected chi connectivity index (χ4v) is 0.912. The van der Waals surface area contributed by atoms with Gasteiger partial charge in [0.25, 0.3) is 0 Å². The van der Waals surface area contributed by atoms with Crippen molar-refractivity contribution in [1.29, 1.82) is 0 Å². The van der Waals surface area contributed by atoms with E-state index in [1.54, 1.807) is 24.3 Å². The Morgan fingerprint density at radius 1 is 1.31 bits per heavy atom. The SMILES string of the molecule is Clc1ccc(Oc2n[c]no2)cc1. The van der Waals surface area contributed by atoms with Crippen LogP contribution in [0.3, 0.4) is 0 Å². The molecule has 1 heterocycles. The Hall–Kier alpha value is -1.55. The predicted octanol–water partition coefficient (Wildman–Crippen LogP) is 2.32. The number of hydrogen-bond donors (Lipinski definition) is 0.